The fraction of sp³-hybridized carbons (Fsp3) is 0.455. The molecule has 0 aromatic carbocycles. The molecule has 2 aromatic rings. The lowest BCUT2D eigenvalue weighted by Crippen LogP contribution is -2.11. The van der Waals surface area contributed by atoms with Crippen molar-refractivity contribution >= 4 is 11.3 Å². The Bertz CT molecular complexity index is 460. The van der Waals surface area contributed by atoms with Crippen molar-refractivity contribution in [2.45, 2.75) is 25.8 Å². The van der Waals surface area contributed by atoms with Gasteiger partial charge in [0.15, 0.2) is 0 Å². The van der Waals surface area contributed by atoms with Gasteiger partial charge >= 0.3 is 0 Å². The maximum absolute atomic E-state index is 6.12. The summed E-state index contributed by atoms with van der Waals surface area (Å²) in [5, 5.41) is 5.21. The Morgan fingerprint density at radius 3 is 2.94 bits per heavy atom. The maximum atomic E-state index is 6.12. The summed E-state index contributed by atoms with van der Waals surface area (Å²) in [5.41, 5.74) is 7.33. The van der Waals surface area contributed by atoms with Crippen molar-refractivity contribution < 1.29 is 0 Å². The van der Waals surface area contributed by atoms with Crippen molar-refractivity contribution in [2.75, 3.05) is 0 Å². The predicted molar refractivity (Wildman–Crippen MR) is 65.3 cm³/mol. The number of aromatic nitrogens is 3. The number of hydrogen-bond donors (Lipinski definition) is 1. The summed E-state index contributed by atoms with van der Waals surface area (Å²) < 4.78 is 1.89. The molecule has 4 nitrogen and oxygen atoms in total. The lowest BCUT2D eigenvalue weighted by molar-refractivity contribution is 0.620. The molecule has 1 atom stereocenters. The van der Waals surface area contributed by atoms with Crippen molar-refractivity contribution in [1.29, 1.82) is 0 Å². The zero-order valence-electron chi connectivity index (χ0n) is 9.55. The highest BCUT2D eigenvalue weighted by molar-refractivity contribution is 7.11. The summed E-state index contributed by atoms with van der Waals surface area (Å²) in [7, 11) is 1.96. The molecule has 0 aliphatic heterocycles. The number of hydrogen-bond acceptors (Lipinski definition) is 4. The van der Waals surface area contributed by atoms with Gasteiger partial charge in [-0.1, -0.05) is 0 Å². The second kappa shape index (κ2) is 4.76. The van der Waals surface area contributed by atoms with Crippen LogP contribution >= 0.6 is 11.3 Å². The van der Waals surface area contributed by atoms with Gasteiger partial charge in [-0.15, -0.1) is 11.3 Å². The fourth-order valence-electron chi connectivity index (χ4n) is 1.64. The zero-order valence-corrected chi connectivity index (χ0v) is 10.4. The van der Waals surface area contributed by atoms with Gasteiger partial charge in [-0.25, -0.2) is 4.98 Å². The third kappa shape index (κ3) is 2.48. The monoisotopic (exact) mass is 236 g/mol. The summed E-state index contributed by atoms with van der Waals surface area (Å²) in [4.78, 5) is 5.39. The highest BCUT2D eigenvalue weighted by Gasteiger charge is 2.10. The van der Waals surface area contributed by atoms with Crippen LogP contribution in [0.4, 0.5) is 0 Å². The molecule has 0 spiro atoms. The second-order valence-corrected chi connectivity index (χ2v) is 5.14. The van der Waals surface area contributed by atoms with Crippen molar-refractivity contribution in [3.8, 4) is 0 Å². The van der Waals surface area contributed by atoms with E-state index in [9.17, 15) is 0 Å². The first kappa shape index (κ1) is 11.3. The van der Waals surface area contributed by atoms with Gasteiger partial charge in [0, 0.05) is 36.1 Å². The number of nitrogens with zero attached hydrogens (tertiary/aromatic N) is 3. The van der Waals surface area contributed by atoms with Crippen LogP contribution in [0.1, 0.15) is 28.0 Å². The molecule has 0 aliphatic rings. The summed E-state index contributed by atoms with van der Waals surface area (Å²) >= 11 is 1.68. The Morgan fingerprint density at radius 2 is 2.38 bits per heavy atom. The summed E-state index contributed by atoms with van der Waals surface area (Å²) in [6, 6.07) is 2.12. The number of nitrogens with two attached hydrogens (primary N) is 1. The van der Waals surface area contributed by atoms with Crippen LogP contribution in [-0.2, 0) is 13.5 Å². The van der Waals surface area contributed by atoms with Crippen LogP contribution < -0.4 is 5.73 Å². The van der Waals surface area contributed by atoms with Crippen molar-refractivity contribution in [3.05, 3.63) is 34.0 Å². The molecule has 0 saturated heterocycles. The Kier molecular flexibility index (Phi) is 3.36. The largest absolute Gasteiger partial charge is 0.323 e. The highest BCUT2D eigenvalue weighted by Crippen LogP contribution is 2.22. The van der Waals surface area contributed by atoms with Crippen molar-refractivity contribution in [1.82, 2.24) is 14.8 Å². The molecule has 0 fully saturated rings. The Morgan fingerprint density at radius 1 is 1.56 bits per heavy atom. The van der Waals surface area contributed by atoms with Crippen LogP contribution in [0.25, 0.3) is 0 Å². The molecule has 0 amide bonds. The first-order chi connectivity index (χ1) is 7.66. The molecule has 2 aromatic heterocycles. The van der Waals surface area contributed by atoms with Crippen LogP contribution in [0.2, 0.25) is 0 Å². The molecule has 16 heavy (non-hydrogen) atoms. The first-order valence-corrected chi connectivity index (χ1v) is 6.13. The van der Waals surface area contributed by atoms with Crippen molar-refractivity contribution in [3.63, 3.8) is 0 Å². The summed E-state index contributed by atoms with van der Waals surface area (Å²) in [6.07, 6.45) is 5.58. The van der Waals surface area contributed by atoms with E-state index in [4.69, 9.17) is 5.73 Å². The molecular formula is C11H16N4S. The molecule has 0 radical (unpaired) electrons. The minimum Gasteiger partial charge on any atom is -0.323 e. The predicted octanol–water partition coefficient (Wildman–Crippen LogP) is 1.82. The summed E-state index contributed by atoms with van der Waals surface area (Å²) in [5.74, 6) is 0. The number of rotatable bonds is 4. The topological polar surface area (TPSA) is 56.7 Å². The number of aryl methyl sites for hydroxylation is 3. The third-order valence-corrected chi connectivity index (χ3v) is 3.68. The van der Waals surface area contributed by atoms with Crippen LogP contribution in [0.15, 0.2) is 18.5 Å². The third-order valence-electron chi connectivity index (χ3n) is 2.64. The molecule has 0 saturated carbocycles. The van der Waals surface area contributed by atoms with Crippen LogP contribution in [0.5, 0.6) is 0 Å². The molecule has 0 bridgehead atoms. The van der Waals surface area contributed by atoms with Gasteiger partial charge in [0.25, 0.3) is 0 Å². The molecule has 1 unspecified atom stereocenters. The van der Waals surface area contributed by atoms with Crippen LogP contribution in [0.3, 0.4) is 0 Å². The van der Waals surface area contributed by atoms with Gasteiger partial charge in [-0.05, 0) is 25.8 Å². The normalized spacial score (nSPS) is 12.9. The second-order valence-electron chi connectivity index (χ2n) is 3.87. The Labute approximate surface area is 99.1 Å². The smallest absolute Gasteiger partial charge is 0.0897 e. The highest BCUT2D eigenvalue weighted by atomic mass is 32.1. The van der Waals surface area contributed by atoms with Gasteiger partial charge in [0.1, 0.15) is 0 Å². The first-order valence-electron chi connectivity index (χ1n) is 5.31. The minimum atomic E-state index is 0.0844. The van der Waals surface area contributed by atoms with E-state index in [2.05, 4.69) is 10.1 Å². The molecule has 5 heteroatoms. The minimum absolute atomic E-state index is 0.0844. The van der Waals surface area contributed by atoms with Crippen molar-refractivity contribution in [2.24, 2.45) is 12.8 Å². The average molecular weight is 236 g/mol. The fourth-order valence-corrected chi connectivity index (χ4v) is 2.46. The van der Waals surface area contributed by atoms with E-state index in [1.165, 1.54) is 10.6 Å². The summed E-state index contributed by atoms with van der Waals surface area (Å²) in [6.45, 7) is 2.00. The maximum Gasteiger partial charge on any atom is 0.0897 e. The van der Waals surface area contributed by atoms with E-state index in [1.807, 2.05) is 37.1 Å². The Balaban J connectivity index is 1.93. The SMILES string of the molecule is Cc1ncc(C(N)CCc2ccnn2C)s1. The molecule has 2 rings (SSSR count). The quantitative estimate of drug-likeness (QED) is 0.881. The van der Waals surface area contributed by atoms with E-state index >= 15 is 0 Å². The van der Waals surface area contributed by atoms with Gasteiger partial charge in [-0.3, -0.25) is 4.68 Å². The molecule has 0 aliphatic carbocycles. The van der Waals surface area contributed by atoms with E-state index in [1.54, 1.807) is 11.3 Å². The molecule has 86 valence electrons. The lowest BCUT2D eigenvalue weighted by atomic mass is 10.1. The van der Waals surface area contributed by atoms with Gasteiger partial charge < -0.3 is 5.73 Å². The van der Waals surface area contributed by atoms with E-state index in [-0.39, 0.29) is 6.04 Å². The number of thiazole rings is 1. The van der Waals surface area contributed by atoms with Gasteiger partial charge in [0.2, 0.25) is 0 Å². The van der Waals surface area contributed by atoms with Gasteiger partial charge in [0.05, 0.1) is 5.01 Å². The zero-order chi connectivity index (χ0) is 11.5. The van der Waals surface area contributed by atoms with E-state index in [0.29, 0.717) is 0 Å². The molecule has 2 N–H and O–H groups in total. The van der Waals surface area contributed by atoms with Crippen LogP contribution in [0, 0.1) is 6.92 Å². The lowest BCUT2D eigenvalue weighted by Gasteiger charge is -2.08. The molecular weight excluding hydrogens is 220 g/mol. The van der Waals surface area contributed by atoms with Crippen LogP contribution in [-0.4, -0.2) is 14.8 Å². The average Bonchev–Trinajstić information content (AvgIpc) is 2.84. The van der Waals surface area contributed by atoms with Gasteiger partial charge in [-0.2, -0.15) is 5.10 Å². The Hall–Kier alpha value is -1.20. The standard InChI is InChI=1S/C11H16N4S/c1-8-13-7-11(16-8)10(12)4-3-9-5-6-14-15(9)2/h5-7,10H,3-4,12H2,1-2H3. The van der Waals surface area contributed by atoms with E-state index < -0.39 is 0 Å². The molecule has 2 heterocycles. The van der Waals surface area contributed by atoms with E-state index in [0.717, 1.165) is 17.8 Å².